The highest BCUT2D eigenvalue weighted by Gasteiger charge is 2.40. The Bertz CT molecular complexity index is 410. The zero-order valence-corrected chi connectivity index (χ0v) is 13.2. The number of piperidine rings is 2. The second kappa shape index (κ2) is 6.37. The molecule has 21 heavy (non-hydrogen) atoms. The Hall–Kier alpha value is -1.06. The number of rotatable bonds is 1. The summed E-state index contributed by atoms with van der Waals surface area (Å²) in [6.45, 7) is 4.86. The maximum atomic E-state index is 12.9. The molecule has 3 aliphatic rings. The largest absolute Gasteiger partial charge is 0.324 e. The van der Waals surface area contributed by atoms with Gasteiger partial charge in [-0.1, -0.05) is 6.92 Å². The fourth-order valence-electron chi connectivity index (χ4n) is 4.41. The van der Waals surface area contributed by atoms with Crippen LogP contribution in [0.3, 0.4) is 0 Å². The first-order valence-electron chi connectivity index (χ1n) is 8.75. The summed E-state index contributed by atoms with van der Waals surface area (Å²) in [5.74, 6) is 1.13. The van der Waals surface area contributed by atoms with Gasteiger partial charge in [-0.05, 0) is 50.9 Å². The highest BCUT2D eigenvalue weighted by atomic mass is 16.2. The molecule has 3 atom stereocenters. The first-order chi connectivity index (χ1) is 10.2. The van der Waals surface area contributed by atoms with Gasteiger partial charge in [-0.25, -0.2) is 4.79 Å². The van der Waals surface area contributed by atoms with Crippen molar-refractivity contribution in [3.63, 3.8) is 0 Å². The molecule has 0 aromatic rings. The number of ketones is 1. The van der Waals surface area contributed by atoms with Crippen LogP contribution in [0.1, 0.15) is 58.3 Å². The fourth-order valence-corrected chi connectivity index (χ4v) is 4.41. The summed E-state index contributed by atoms with van der Waals surface area (Å²) in [5, 5.41) is 0. The molecule has 118 valence electrons. The molecule has 2 aliphatic heterocycles. The third-order valence-corrected chi connectivity index (χ3v) is 5.54. The molecule has 0 radical (unpaired) electrons. The Morgan fingerprint density at radius 2 is 1.90 bits per heavy atom. The van der Waals surface area contributed by atoms with Gasteiger partial charge in [0, 0.05) is 38.0 Å². The third kappa shape index (κ3) is 3.09. The average Bonchev–Trinajstić information content (AvgIpc) is 2.92. The number of urea groups is 1. The molecule has 3 rings (SSSR count). The normalized spacial score (nSPS) is 34.3. The van der Waals surface area contributed by atoms with Crippen LogP contribution in [0.5, 0.6) is 0 Å². The number of carbonyl (C=O) groups excluding carboxylic acids is 2. The first kappa shape index (κ1) is 14.9. The molecular weight excluding hydrogens is 264 g/mol. The molecule has 1 aliphatic carbocycles. The Labute approximate surface area is 127 Å². The Balaban J connectivity index is 1.71. The van der Waals surface area contributed by atoms with Gasteiger partial charge in [-0.2, -0.15) is 0 Å². The lowest BCUT2D eigenvalue weighted by Crippen LogP contribution is -2.55. The Morgan fingerprint density at radius 3 is 2.62 bits per heavy atom. The van der Waals surface area contributed by atoms with Crippen LogP contribution >= 0.6 is 0 Å². The van der Waals surface area contributed by atoms with E-state index in [0.29, 0.717) is 11.7 Å². The number of likely N-dealkylation sites (tertiary alicyclic amines) is 2. The Kier molecular flexibility index (Phi) is 4.51. The predicted octanol–water partition coefficient (Wildman–Crippen LogP) is 3.06. The van der Waals surface area contributed by atoms with E-state index < -0.39 is 0 Å². The lowest BCUT2D eigenvalue weighted by Gasteiger charge is -2.43. The molecule has 0 bridgehead atoms. The minimum atomic E-state index is 0.122. The number of Topliss-reactive ketones (excluding diaryl/α,β-unsaturated/α-hetero) is 1. The molecule has 4 nitrogen and oxygen atoms in total. The first-order valence-corrected chi connectivity index (χ1v) is 8.75. The average molecular weight is 292 g/mol. The van der Waals surface area contributed by atoms with Gasteiger partial charge in [0.2, 0.25) is 0 Å². The van der Waals surface area contributed by atoms with Gasteiger partial charge in [0.15, 0.2) is 0 Å². The van der Waals surface area contributed by atoms with Crippen molar-refractivity contribution in [2.45, 2.75) is 64.3 Å². The molecule has 4 heteroatoms. The Morgan fingerprint density at radius 1 is 1.05 bits per heavy atom. The minimum Gasteiger partial charge on any atom is -0.324 e. The number of nitrogens with zero attached hydrogens (tertiary/aromatic N) is 2. The molecule has 3 unspecified atom stereocenters. The molecule has 2 heterocycles. The smallest absolute Gasteiger partial charge is 0.320 e. The van der Waals surface area contributed by atoms with Gasteiger partial charge < -0.3 is 9.80 Å². The van der Waals surface area contributed by atoms with Crippen molar-refractivity contribution in [2.75, 3.05) is 19.6 Å². The van der Waals surface area contributed by atoms with Crippen molar-refractivity contribution >= 4 is 11.8 Å². The van der Waals surface area contributed by atoms with Crippen molar-refractivity contribution in [1.82, 2.24) is 9.80 Å². The summed E-state index contributed by atoms with van der Waals surface area (Å²) in [4.78, 5) is 29.1. The van der Waals surface area contributed by atoms with Gasteiger partial charge in [0.1, 0.15) is 5.78 Å². The zero-order chi connectivity index (χ0) is 14.8. The summed E-state index contributed by atoms with van der Waals surface area (Å²) >= 11 is 0. The molecular formula is C17H28N2O2. The maximum Gasteiger partial charge on any atom is 0.320 e. The van der Waals surface area contributed by atoms with Crippen molar-refractivity contribution in [3.8, 4) is 0 Å². The van der Waals surface area contributed by atoms with Gasteiger partial charge >= 0.3 is 6.03 Å². The molecule has 3 fully saturated rings. The highest BCUT2D eigenvalue weighted by Crippen LogP contribution is 2.33. The summed E-state index contributed by atoms with van der Waals surface area (Å²) in [6.07, 6.45) is 8.35. The van der Waals surface area contributed by atoms with Crippen molar-refractivity contribution in [3.05, 3.63) is 0 Å². The van der Waals surface area contributed by atoms with Gasteiger partial charge in [0.25, 0.3) is 0 Å². The van der Waals surface area contributed by atoms with Crippen molar-refractivity contribution in [2.24, 2.45) is 11.8 Å². The van der Waals surface area contributed by atoms with Crippen molar-refractivity contribution < 1.29 is 9.59 Å². The van der Waals surface area contributed by atoms with Crippen molar-refractivity contribution in [1.29, 1.82) is 0 Å². The molecule has 0 aromatic heterocycles. The van der Waals surface area contributed by atoms with E-state index in [-0.39, 0.29) is 18.0 Å². The monoisotopic (exact) mass is 292 g/mol. The fraction of sp³-hybridized carbons (Fsp3) is 0.882. The molecule has 2 saturated heterocycles. The van der Waals surface area contributed by atoms with Crippen LogP contribution in [0.25, 0.3) is 0 Å². The van der Waals surface area contributed by atoms with Crippen LogP contribution < -0.4 is 0 Å². The van der Waals surface area contributed by atoms with E-state index in [1.54, 1.807) is 0 Å². The van der Waals surface area contributed by atoms with E-state index >= 15 is 0 Å². The summed E-state index contributed by atoms with van der Waals surface area (Å²) in [5.41, 5.74) is 0. The topological polar surface area (TPSA) is 40.6 Å². The third-order valence-electron chi connectivity index (χ3n) is 5.54. The predicted molar refractivity (Wildman–Crippen MR) is 82.1 cm³/mol. The van der Waals surface area contributed by atoms with E-state index in [0.717, 1.165) is 64.6 Å². The zero-order valence-electron chi connectivity index (χ0n) is 13.2. The van der Waals surface area contributed by atoms with E-state index in [4.69, 9.17) is 0 Å². The van der Waals surface area contributed by atoms with Crippen LogP contribution in [0.4, 0.5) is 4.79 Å². The van der Waals surface area contributed by atoms with E-state index in [1.807, 2.05) is 4.90 Å². The van der Waals surface area contributed by atoms with Crippen LogP contribution in [0, 0.1) is 11.8 Å². The quantitative estimate of drug-likeness (QED) is 0.745. The van der Waals surface area contributed by atoms with Crippen LogP contribution in [0.2, 0.25) is 0 Å². The van der Waals surface area contributed by atoms with Gasteiger partial charge in [0.05, 0.1) is 0 Å². The highest BCUT2D eigenvalue weighted by molar-refractivity contribution is 5.84. The van der Waals surface area contributed by atoms with Gasteiger partial charge in [-0.15, -0.1) is 0 Å². The molecule has 0 N–H and O–H groups in total. The second-order valence-electron chi connectivity index (χ2n) is 7.20. The number of amides is 2. The maximum absolute atomic E-state index is 12.9. The molecule has 2 amide bonds. The summed E-state index contributed by atoms with van der Waals surface area (Å²) < 4.78 is 0. The minimum absolute atomic E-state index is 0.122. The van der Waals surface area contributed by atoms with Crippen LogP contribution in [-0.4, -0.2) is 47.3 Å². The lowest BCUT2D eigenvalue weighted by molar-refractivity contribution is -0.122. The number of hydrogen-bond donors (Lipinski definition) is 0. The van der Waals surface area contributed by atoms with Gasteiger partial charge in [-0.3, -0.25) is 4.79 Å². The summed E-state index contributed by atoms with van der Waals surface area (Å²) in [6, 6.07) is 0.379. The number of carbonyl (C=O) groups is 2. The second-order valence-corrected chi connectivity index (χ2v) is 7.20. The standard InChI is InChI=1S/C17H28N2O2/c1-13-6-5-10-18(12-13)17(21)19-11-3-2-8-15(19)14-7-4-9-16(14)20/h13-15H,2-12H2,1H3. The lowest BCUT2D eigenvalue weighted by atomic mass is 9.88. The SMILES string of the molecule is CC1CCCN(C(=O)N2CCCCC2C2CCCC2=O)C1. The van der Waals surface area contributed by atoms with E-state index in [1.165, 1.54) is 6.42 Å². The summed E-state index contributed by atoms with van der Waals surface area (Å²) in [7, 11) is 0. The van der Waals surface area contributed by atoms with E-state index in [2.05, 4.69) is 11.8 Å². The molecule has 1 saturated carbocycles. The number of hydrogen-bond acceptors (Lipinski definition) is 2. The molecule has 0 aromatic carbocycles. The van der Waals surface area contributed by atoms with Crippen LogP contribution in [-0.2, 0) is 4.79 Å². The van der Waals surface area contributed by atoms with Crippen LogP contribution in [0.15, 0.2) is 0 Å². The molecule has 0 spiro atoms. The van der Waals surface area contributed by atoms with E-state index in [9.17, 15) is 9.59 Å².